The van der Waals surface area contributed by atoms with Gasteiger partial charge in [0.25, 0.3) is 0 Å². The number of hydrogen-bond acceptors (Lipinski definition) is 2. The van der Waals surface area contributed by atoms with Crippen molar-refractivity contribution in [3.63, 3.8) is 0 Å². The van der Waals surface area contributed by atoms with E-state index in [2.05, 4.69) is 23.6 Å². The zero-order valence-corrected chi connectivity index (χ0v) is 12.5. The van der Waals surface area contributed by atoms with Crippen LogP contribution in [-0.2, 0) is 12.8 Å². The van der Waals surface area contributed by atoms with E-state index >= 15 is 0 Å². The molecule has 1 aromatic carbocycles. The van der Waals surface area contributed by atoms with Gasteiger partial charge < -0.3 is 5.11 Å². The SMILES string of the molecule is Cl.Oc1cccc2c1CCCC2CCc1cccs1. The molecule has 0 amide bonds. The maximum absolute atomic E-state index is 9.93. The van der Waals surface area contributed by atoms with Crippen LogP contribution in [0.15, 0.2) is 35.7 Å². The van der Waals surface area contributed by atoms with E-state index in [0.717, 1.165) is 12.8 Å². The van der Waals surface area contributed by atoms with Crippen molar-refractivity contribution < 1.29 is 5.11 Å². The van der Waals surface area contributed by atoms with E-state index in [9.17, 15) is 5.11 Å². The van der Waals surface area contributed by atoms with Gasteiger partial charge in [-0.3, -0.25) is 0 Å². The van der Waals surface area contributed by atoms with Crippen molar-refractivity contribution in [3.05, 3.63) is 51.7 Å². The van der Waals surface area contributed by atoms with Gasteiger partial charge in [0.15, 0.2) is 0 Å². The number of phenolic OH excluding ortho intramolecular Hbond substituents is 1. The molecule has 1 aliphatic rings. The third-order valence-electron chi connectivity index (χ3n) is 3.93. The van der Waals surface area contributed by atoms with Crippen LogP contribution in [0.1, 0.15) is 41.2 Å². The largest absolute Gasteiger partial charge is 0.508 e. The lowest BCUT2D eigenvalue weighted by Crippen LogP contribution is -2.10. The number of hydrogen-bond donors (Lipinski definition) is 1. The summed E-state index contributed by atoms with van der Waals surface area (Å²) in [6.07, 6.45) is 5.88. The Morgan fingerprint density at radius 3 is 2.89 bits per heavy atom. The van der Waals surface area contributed by atoms with Crippen LogP contribution in [0.5, 0.6) is 5.75 Å². The molecule has 1 aliphatic carbocycles. The summed E-state index contributed by atoms with van der Waals surface area (Å²) in [5, 5.41) is 12.1. The maximum Gasteiger partial charge on any atom is 0.119 e. The van der Waals surface area contributed by atoms with Gasteiger partial charge in [-0.15, -0.1) is 23.7 Å². The first-order valence-corrected chi connectivity index (χ1v) is 7.55. The minimum absolute atomic E-state index is 0. The topological polar surface area (TPSA) is 20.2 Å². The van der Waals surface area contributed by atoms with Crippen molar-refractivity contribution >= 4 is 23.7 Å². The molecule has 0 saturated heterocycles. The Kier molecular flexibility index (Phi) is 4.89. The molecule has 0 aliphatic heterocycles. The van der Waals surface area contributed by atoms with Crippen molar-refractivity contribution in [2.45, 2.75) is 38.0 Å². The van der Waals surface area contributed by atoms with Gasteiger partial charge in [-0.2, -0.15) is 0 Å². The van der Waals surface area contributed by atoms with E-state index in [1.807, 2.05) is 23.5 Å². The van der Waals surface area contributed by atoms with Crippen LogP contribution in [0, 0.1) is 0 Å². The third kappa shape index (κ3) is 3.13. The Morgan fingerprint density at radius 2 is 2.11 bits per heavy atom. The van der Waals surface area contributed by atoms with Gasteiger partial charge in [0.1, 0.15) is 5.75 Å². The summed E-state index contributed by atoms with van der Waals surface area (Å²) in [4.78, 5) is 1.47. The van der Waals surface area contributed by atoms with Crippen molar-refractivity contribution in [2.75, 3.05) is 0 Å². The summed E-state index contributed by atoms with van der Waals surface area (Å²) >= 11 is 1.85. The quantitative estimate of drug-likeness (QED) is 0.851. The molecule has 3 rings (SSSR count). The van der Waals surface area contributed by atoms with Crippen LogP contribution in [-0.4, -0.2) is 5.11 Å². The zero-order valence-electron chi connectivity index (χ0n) is 10.8. The molecule has 1 atom stereocenters. The lowest BCUT2D eigenvalue weighted by molar-refractivity contribution is 0.449. The molecule has 1 nitrogen and oxygen atoms in total. The van der Waals surface area contributed by atoms with E-state index in [0.29, 0.717) is 11.7 Å². The first-order chi connectivity index (χ1) is 8.84. The Balaban J connectivity index is 0.00000133. The molecule has 0 fully saturated rings. The Hall–Kier alpha value is -0.990. The lowest BCUT2D eigenvalue weighted by Gasteiger charge is -2.26. The summed E-state index contributed by atoms with van der Waals surface area (Å²) < 4.78 is 0. The predicted molar refractivity (Wildman–Crippen MR) is 83.7 cm³/mol. The molecule has 1 aromatic heterocycles. The second kappa shape index (κ2) is 6.44. The molecule has 3 heteroatoms. The fourth-order valence-corrected chi connectivity index (χ4v) is 3.72. The van der Waals surface area contributed by atoms with E-state index in [1.54, 1.807) is 0 Å². The number of fused-ring (bicyclic) bond motifs is 1. The van der Waals surface area contributed by atoms with Gasteiger partial charge in [-0.1, -0.05) is 18.2 Å². The number of benzene rings is 1. The Morgan fingerprint density at radius 1 is 1.21 bits per heavy atom. The fraction of sp³-hybridized carbons (Fsp3) is 0.375. The maximum atomic E-state index is 9.93. The van der Waals surface area contributed by atoms with Crippen LogP contribution >= 0.6 is 23.7 Å². The molecular formula is C16H19ClOS. The van der Waals surface area contributed by atoms with Gasteiger partial charge in [0.05, 0.1) is 0 Å². The second-order valence-corrected chi connectivity index (χ2v) is 6.08. The van der Waals surface area contributed by atoms with Crippen LogP contribution < -0.4 is 0 Å². The molecule has 1 N–H and O–H groups in total. The number of aryl methyl sites for hydroxylation is 1. The summed E-state index contributed by atoms with van der Waals surface area (Å²) in [6.45, 7) is 0. The highest BCUT2D eigenvalue weighted by molar-refractivity contribution is 7.09. The van der Waals surface area contributed by atoms with E-state index < -0.39 is 0 Å². The lowest BCUT2D eigenvalue weighted by atomic mass is 9.80. The molecule has 2 aromatic rings. The molecule has 0 saturated carbocycles. The van der Waals surface area contributed by atoms with Gasteiger partial charge in [-0.05, 0) is 66.7 Å². The molecule has 102 valence electrons. The van der Waals surface area contributed by atoms with Crippen molar-refractivity contribution in [1.29, 1.82) is 0 Å². The van der Waals surface area contributed by atoms with Gasteiger partial charge in [0.2, 0.25) is 0 Å². The highest BCUT2D eigenvalue weighted by atomic mass is 35.5. The normalized spacial score (nSPS) is 17.6. The average Bonchev–Trinajstić information content (AvgIpc) is 2.90. The highest BCUT2D eigenvalue weighted by Gasteiger charge is 2.21. The van der Waals surface area contributed by atoms with Crippen LogP contribution in [0.2, 0.25) is 0 Å². The molecule has 19 heavy (non-hydrogen) atoms. The first-order valence-electron chi connectivity index (χ1n) is 6.68. The molecule has 0 spiro atoms. The third-order valence-corrected chi connectivity index (χ3v) is 4.86. The minimum Gasteiger partial charge on any atom is -0.508 e. The van der Waals surface area contributed by atoms with Crippen LogP contribution in [0.4, 0.5) is 0 Å². The minimum atomic E-state index is 0. The molecule has 0 bridgehead atoms. The second-order valence-electron chi connectivity index (χ2n) is 5.05. The van der Waals surface area contributed by atoms with Crippen LogP contribution in [0.3, 0.4) is 0 Å². The van der Waals surface area contributed by atoms with Crippen molar-refractivity contribution in [1.82, 2.24) is 0 Å². The predicted octanol–water partition coefficient (Wildman–Crippen LogP) is 4.93. The monoisotopic (exact) mass is 294 g/mol. The zero-order chi connectivity index (χ0) is 12.4. The highest BCUT2D eigenvalue weighted by Crippen LogP contribution is 2.38. The number of halogens is 1. The van der Waals surface area contributed by atoms with Crippen molar-refractivity contribution in [2.24, 2.45) is 0 Å². The molecule has 1 unspecified atom stereocenters. The number of aromatic hydroxyl groups is 1. The fourth-order valence-electron chi connectivity index (χ4n) is 3.00. The van der Waals surface area contributed by atoms with Crippen LogP contribution in [0.25, 0.3) is 0 Å². The smallest absolute Gasteiger partial charge is 0.119 e. The summed E-state index contributed by atoms with van der Waals surface area (Å²) in [5.74, 6) is 1.12. The van der Waals surface area contributed by atoms with Crippen molar-refractivity contribution in [3.8, 4) is 5.75 Å². The summed E-state index contributed by atoms with van der Waals surface area (Å²) in [5.41, 5.74) is 2.58. The summed E-state index contributed by atoms with van der Waals surface area (Å²) in [6, 6.07) is 10.4. The average molecular weight is 295 g/mol. The molecular weight excluding hydrogens is 276 g/mol. The van der Waals surface area contributed by atoms with Gasteiger partial charge in [0, 0.05) is 4.88 Å². The van der Waals surface area contributed by atoms with E-state index in [4.69, 9.17) is 0 Å². The number of thiophene rings is 1. The standard InChI is InChI=1S/C16H18OS.ClH/c17-16-8-2-6-14-12(4-1-7-15(14)16)9-10-13-5-3-11-18-13;/h2-3,5-6,8,11-12,17H,1,4,7,9-10H2;1H. The molecule has 0 radical (unpaired) electrons. The summed E-state index contributed by atoms with van der Waals surface area (Å²) in [7, 11) is 0. The van der Waals surface area contributed by atoms with Gasteiger partial charge in [-0.25, -0.2) is 0 Å². The van der Waals surface area contributed by atoms with Gasteiger partial charge >= 0.3 is 0 Å². The Labute approximate surface area is 124 Å². The number of rotatable bonds is 3. The van der Waals surface area contributed by atoms with E-state index in [-0.39, 0.29) is 12.4 Å². The number of phenols is 1. The van der Waals surface area contributed by atoms with E-state index in [1.165, 1.54) is 35.3 Å². The molecule has 1 heterocycles. The first kappa shape index (κ1) is 14.4. The Bertz CT molecular complexity index is 522.